The van der Waals surface area contributed by atoms with Crippen LogP contribution in [0.3, 0.4) is 0 Å². The minimum absolute atomic E-state index is 0.0261. The average molecular weight is 380 g/mol. The van der Waals surface area contributed by atoms with Crippen molar-refractivity contribution in [3.8, 4) is 0 Å². The lowest BCUT2D eigenvalue weighted by atomic mass is 10.1. The van der Waals surface area contributed by atoms with Gasteiger partial charge in [0, 0.05) is 29.3 Å². The molecular formula is C16H18ClN5O2S. The van der Waals surface area contributed by atoms with Crippen LogP contribution in [-0.4, -0.2) is 32.8 Å². The van der Waals surface area contributed by atoms with Gasteiger partial charge < -0.3 is 4.90 Å². The first kappa shape index (κ1) is 17.8. The van der Waals surface area contributed by atoms with Crippen molar-refractivity contribution in [2.24, 2.45) is 4.99 Å². The summed E-state index contributed by atoms with van der Waals surface area (Å²) < 4.78 is 1.74. The van der Waals surface area contributed by atoms with Crippen LogP contribution in [0.15, 0.2) is 29.4 Å². The molecule has 1 aromatic carbocycles. The molecule has 1 aliphatic heterocycles. The molecule has 0 spiro atoms. The number of halogens is 1. The number of fused-ring (bicyclic) bond motifs is 1. The fourth-order valence-corrected chi connectivity index (χ4v) is 3.57. The van der Waals surface area contributed by atoms with Gasteiger partial charge >= 0.3 is 0 Å². The van der Waals surface area contributed by atoms with E-state index in [-0.39, 0.29) is 11.2 Å². The summed E-state index contributed by atoms with van der Waals surface area (Å²) in [5, 5.41) is 16.0. The van der Waals surface area contributed by atoms with Crippen LogP contribution in [0.4, 0.5) is 11.5 Å². The number of nitrogens with zero attached hydrogens (tertiary/aromatic N) is 5. The van der Waals surface area contributed by atoms with Gasteiger partial charge in [-0.1, -0.05) is 25.4 Å². The number of hydrogen-bond acceptors (Lipinski definition) is 6. The molecule has 0 fully saturated rings. The number of nitro groups is 1. The van der Waals surface area contributed by atoms with Gasteiger partial charge in [0.25, 0.3) is 5.69 Å². The zero-order chi connectivity index (χ0) is 18.1. The van der Waals surface area contributed by atoms with E-state index in [0.717, 1.165) is 11.4 Å². The molecule has 1 aromatic heterocycles. The van der Waals surface area contributed by atoms with E-state index in [9.17, 15) is 10.1 Å². The molecule has 0 N–H and O–H groups in total. The van der Waals surface area contributed by atoms with Crippen molar-refractivity contribution in [3.05, 3.63) is 50.7 Å². The fraction of sp³-hybridized carbons (Fsp3) is 0.375. The Bertz CT molecular complexity index is 836. The molecule has 1 unspecified atom stereocenters. The number of anilines is 1. The maximum absolute atomic E-state index is 11.1. The van der Waals surface area contributed by atoms with Crippen molar-refractivity contribution in [2.45, 2.75) is 31.8 Å². The third kappa shape index (κ3) is 3.36. The van der Waals surface area contributed by atoms with E-state index in [1.807, 2.05) is 12.5 Å². The Morgan fingerprint density at radius 2 is 2.20 bits per heavy atom. The molecule has 1 atom stereocenters. The summed E-state index contributed by atoms with van der Waals surface area (Å²) in [6.45, 7) is 4.63. The highest BCUT2D eigenvalue weighted by Crippen LogP contribution is 2.35. The van der Waals surface area contributed by atoms with Gasteiger partial charge in [0.15, 0.2) is 5.50 Å². The first-order valence-electron chi connectivity index (χ1n) is 7.75. The third-order valence-corrected chi connectivity index (χ3v) is 5.22. The molecule has 0 aliphatic carbocycles. The van der Waals surface area contributed by atoms with Gasteiger partial charge in [0.1, 0.15) is 12.2 Å². The molecule has 9 heteroatoms. The maximum Gasteiger partial charge on any atom is 0.269 e. The van der Waals surface area contributed by atoms with Gasteiger partial charge in [-0.25, -0.2) is 9.67 Å². The highest BCUT2D eigenvalue weighted by atomic mass is 35.5. The lowest BCUT2D eigenvalue weighted by Crippen LogP contribution is -2.37. The molecule has 0 bridgehead atoms. The van der Waals surface area contributed by atoms with Crippen molar-refractivity contribution in [2.75, 3.05) is 11.2 Å². The van der Waals surface area contributed by atoms with Gasteiger partial charge in [0.2, 0.25) is 0 Å². The van der Waals surface area contributed by atoms with Crippen LogP contribution in [-0.2, 0) is 6.54 Å². The molecular weight excluding hydrogens is 362 g/mol. The van der Waals surface area contributed by atoms with Crippen molar-refractivity contribution in [1.82, 2.24) is 9.78 Å². The molecule has 0 amide bonds. The number of aliphatic imine (C=N–C) groups is 1. The maximum atomic E-state index is 11.1. The second kappa shape index (κ2) is 7.05. The van der Waals surface area contributed by atoms with Gasteiger partial charge in [0.05, 0.1) is 11.1 Å². The summed E-state index contributed by atoms with van der Waals surface area (Å²) in [6, 6.07) is 4.50. The van der Waals surface area contributed by atoms with Crippen LogP contribution in [0.25, 0.3) is 0 Å². The van der Waals surface area contributed by atoms with E-state index >= 15 is 0 Å². The number of non-ortho nitro benzene ring substituents is 1. The van der Waals surface area contributed by atoms with Crippen molar-refractivity contribution < 1.29 is 4.92 Å². The molecule has 132 valence electrons. The Morgan fingerprint density at radius 3 is 2.84 bits per heavy atom. The summed E-state index contributed by atoms with van der Waals surface area (Å²) in [7, 11) is 0. The average Bonchev–Trinajstić information content (AvgIpc) is 3.01. The molecule has 25 heavy (non-hydrogen) atoms. The topological polar surface area (TPSA) is 76.6 Å². The van der Waals surface area contributed by atoms with Crippen molar-refractivity contribution in [1.29, 1.82) is 0 Å². The van der Waals surface area contributed by atoms with Crippen LogP contribution in [0.2, 0.25) is 5.02 Å². The van der Waals surface area contributed by atoms with Gasteiger partial charge in [-0.15, -0.1) is 11.8 Å². The summed E-state index contributed by atoms with van der Waals surface area (Å²) in [6.07, 6.45) is 5.54. The number of thioether (sulfide) groups is 1. The smallest absolute Gasteiger partial charge is 0.269 e. The highest BCUT2D eigenvalue weighted by Gasteiger charge is 2.29. The third-order valence-electron chi connectivity index (χ3n) is 4.05. The Balaban J connectivity index is 2.04. The zero-order valence-electron chi connectivity index (χ0n) is 14.1. The zero-order valence-corrected chi connectivity index (χ0v) is 15.7. The van der Waals surface area contributed by atoms with Crippen LogP contribution in [0, 0.1) is 10.1 Å². The van der Waals surface area contributed by atoms with Gasteiger partial charge in [-0.2, -0.15) is 5.10 Å². The quantitative estimate of drug-likeness (QED) is 0.577. The predicted octanol–water partition coefficient (Wildman–Crippen LogP) is 4.11. The number of rotatable bonds is 5. The number of nitro benzene ring substituents is 1. The Kier molecular flexibility index (Phi) is 5.01. The molecule has 3 rings (SSSR count). The minimum atomic E-state index is -0.413. The van der Waals surface area contributed by atoms with Crippen LogP contribution in [0.5, 0.6) is 0 Å². The highest BCUT2D eigenvalue weighted by molar-refractivity contribution is 7.99. The van der Waals surface area contributed by atoms with Crippen LogP contribution < -0.4 is 4.90 Å². The monoisotopic (exact) mass is 379 g/mol. The molecule has 2 heterocycles. The molecule has 7 nitrogen and oxygen atoms in total. The standard InChI is InChI=1S/C16H18ClN5O2S/c1-10(2)13-7-19-21-9-18-16(25-3)20(15(13)21)8-11-6-12(22(23)24)4-5-14(11)17/h4-7,9-10,16H,8H2,1-3H3. The number of aromatic nitrogens is 2. The molecule has 1 aliphatic rings. The Labute approximate surface area is 154 Å². The van der Waals surface area contributed by atoms with E-state index in [1.165, 1.54) is 12.1 Å². The lowest BCUT2D eigenvalue weighted by Gasteiger charge is -2.33. The molecule has 2 aromatic rings. The lowest BCUT2D eigenvalue weighted by molar-refractivity contribution is -0.384. The van der Waals surface area contributed by atoms with E-state index in [0.29, 0.717) is 23.0 Å². The molecule has 0 radical (unpaired) electrons. The summed E-state index contributed by atoms with van der Waals surface area (Å²) in [5.41, 5.74) is 1.68. The SMILES string of the molecule is CSC1N=Cn2ncc(C(C)C)c2N1Cc1cc([N+](=O)[O-])ccc1Cl. The molecule has 0 saturated heterocycles. The van der Waals surface area contributed by atoms with E-state index in [1.54, 1.807) is 28.8 Å². The van der Waals surface area contributed by atoms with E-state index < -0.39 is 4.92 Å². The second-order valence-electron chi connectivity index (χ2n) is 6.01. The van der Waals surface area contributed by atoms with Crippen molar-refractivity contribution >= 4 is 41.2 Å². The Hall–Kier alpha value is -2.06. The fourth-order valence-electron chi connectivity index (χ4n) is 2.78. The van der Waals surface area contributed by atoms with Crippen LogP contribution in [0.1, 0.15) is 30.9 Å². The van der Waals surface area contributed by atoms with E-state index in [2.05, 4.69) is 28.8 Å². The first-order valence-corrected chi connectivity index (χ1v) is 9.42. The second-order valence-corrected chi connectivity index (χ2v) is 7.31. The Morgan fingerprint density at radius 1 is 1.44 bits per heavy atom. The number of benzene rings is 1. The van der Waals surface area contributed by atoms with Gasteiger partial charge in [-0.3, -0.25) is 10.1 Å². The predicted molar refractivity (Wildman–Crippen MR) is 102 cm³/mol. The summed E-state index contributed by atoms with van der Waals surface area (Å²) in [4.78, 5) is 17.3. The largest absolute Gasteiger partial charge is 0.321 e. The van der Waals surface area contributed by atoms with E-state index in [4.69, 9.17) is 11.6 Å². The normalized spacial score (nSPS) is 16.4. The minimum Gasteiger partial charge on any atom is -0.321 e. The summed E-state index contributed by atoms with van der Waals surface area (Å²) in [5.74, 6) is 1.24. The van der Waals surface area contributed by atoms with Crippen LogP contribution >= 0.6 is 23.4 Å². The number of hydrogen-bond donors (Lipinski definition) is 0. The molecule has 0 saturated carbocycles. The first-order chi connectivity index (χ1) is 11.9. The van der Waals surface area contributed by atoms with Gasteiger partial charge in [-0.05, 0) is 23.8 Å². The summed E-state index contributed by atoms with van der Waals surface area (Å²) >= 11 is 7.88. The van der Waals surface area contributed by atoms with Crippen molar-refractivity contribution in [3.63, 3.8) is 0 Å².